The maximum absolute atomic E-state index is 11.9. The first-order chi connectivity index (χ1) is 8.24. The molecule has 2 unspecified atom stereocenters. The monoisotopic (exact) mass is 238 g/mol. The van der Waals surface area contributed by atoms with Crippen LogP contribution >= 0.6 is 0 Å². The summed E-state index contributed by atoms with van der Waals surface area (Å²) in [7, 11) is 1.62. The van der Waals surface area contributed by atoms with E-state index < -0.39 is 0 Å². The lowest BCUT2D eigenvalue weighted by Crippen LogP contribution is -2.49. The number of nitrogens with zero attached hydrogens (tertiary/aromatic N) is 1. The standard InChI is InChI=1S/C12H18N2O3/c1-16-8-6-14-11(15)5-4-9(13)12(14)10-3-2-7-17-10/h2-3,7,9,12H,4-6,8,13H2,1H3. The summed E-state index contributed by atoms with van der Waals surface area (Å²) in [4.78, 5) is 13.7. The molecule has 17 heavy (non-hydrogen) atoms. The quantitative estimate of drug-likeness (QED) is 0.846. The summed E-state index contributed by atoms with van der Waals surface area (Å²) < 4.78 is 10.4. The molecule has 2 rings (SSSR count). The van der Waals surface area contributed by atoms with Gasteiger partial charge in [-0.1, -0.05) is 0 Å². The molecule has 1 saturated heterocycles. The van der Waals surface area contributed by atoms with Gasteiger partial charge in [-0.25, -0.2) is 0 Å². The molecular weight excluding hydrogens is 220 g/mol. The number of amides is 1. The Balaban J connectivity index is 2.19. The van der Waals surface area contributed by atoms with E-state index >= 15 is 0 Å². The molecule has 0 radical (unpaired) electrons. The number of carbonyl (C=O) groups excluding carboxylic acids is 1. The molecule has 0 aliphatic carbocycles. The molecule has 2 atom stereocenters. The molecule has 0 bridgehead atoms. The summed E-state index contributed by atoms with van der Waals surface area (Å²) in [5.41, 5.74) is 6.10. The number of likely N-dealkylation sites (tertiary alicyclic amines) is 1. The molecule has 1 aromatic rings. The number of rotatable bonds is 4. The Bertz CT molecular complexity index is 364. The maximum atomic E-state index is 11.9. The Kier molecular flexibility index (Phi) is 3.81. The van der Waals surface area contributed by atoms with Crippen LogP contribution in [-0.4, -0.2) is 37.1 Å². The van der Waals surface area contributed by atoms with Crippen LogP contribution in [0.5, 0.6) is 0 Å². The fourth-order valence-electron chi connectivity index (χ4n) is 2.26. The highest BCUT2D eigenvalue weighted by Crippen LogP contribution is 2.30. The number of hydrogen-bond donors (Lipinski definition) is 1. The second kappa shape index (κ2) is 5.33. The Hall–Kier alpha value is -1.33. The second-order valence-corrected chi connectivity index (χ2v) is 4.24. The molecule has 2 heterocycles. The van der Waals surface area contributed by atoms with Crippen LogP contribution < -0.4 is 5.73 Å². The summed E-state index contributed by atoms with van der Waals surface area (Å²) in [6.07, 6.45) is 2.81. The zero-order valence-corrected chi connectivity index (χ0v) is 9.96. The summed E-state index contributed by atoms with van der Waals surface area (Å²) in [5, 5.41) is 0. The van der Waals surface area contributed by atoms with Crippen LogP contribution in [0.1, 0.15) is 24.6 Å². The third-order valence-corrected chi connectivity index (χ3v) is 3.12. The molecule has 0 saturated carbocycles. The Morgan fingerprint density at radius 1 is 1.65 bits per heavy atom. The lowest BCUT2D eigenvalue weighted by Gasteiger charge is -2.38. The molecule has 0 spiro atoms. The summed E-state index contributed by atoms with van der Waals surface area (Å²) in [6, 6.07) is 3.44. The van der Waals surface area contributed by atoms with Crippen molar-refractivity contribution in [3.05, 3.63) is 24.2 Å². The predicted molar refractivity (Wildman–Crippen MR) is 62.2 cm³/mol. The lowest BCUT2D eigenvalue weighted by molar-refractivity contribution is -0.138. The fourth-order valence-corrected chi connectivity index (χ4v) is 2.26. The minimum atomic E-state index is -0.165. The SMILES string of the molecule is COCCN1C(=O)CCC(N)C1c1ccco1. The molecule has 0 aromatic carbocycles. The average Bonchev–Trinajstić information content (AvgIpc) is 2.83. The maximum Gasteiger partial charge on any atom is 0.223 e. The van der Waals surface area contributed by atoms with Crippen LogP contribution in [0.4, 0.5) is 0 Å². The van der Waals surface area contributed by atoms with Crippen LogP contribution in [0.2, 0.25) is 0 Å². The third kappa shape index (κ3) is 2.50. The van der Waals surface area contributed by atoms with E-state index in [-0.39, 0.29) is 18.0 Å². The normalized spacial score (nSPS) is 25.3. The molecule has 2 N–H and O–H groups in total. The summed E-state index contributed by atoms with van der Waals surface area (Å²) in [5.74, 6) is 0.867. The number of piperidine rings is 1. The van der Waals surface area contributed by atoms with Gasteiger partial charge in [-0.2, -0.15) is 0 Å². The van der Waals surface area contributed by atoms with Crippen molar-refractivity contribution in [2.75, 3.05) is 20.3 Å². The fraction of sp³-hybridized carbons (Fsp3) is 0.583. The van der Waals surface area contributed by atoms with Gasteiger partial charge in [0.15, 0.2) is 0 Å². The minimum absolute atomic E-state index is 0.0734. The van der Waals surface area contributed by atoms with E-state index in [4.69, 9.17) is 14.9 Å². The smallest absolute Gasteiger partial charge is 0.223 e. The molecule has 1 aliphatic rings. The number of hydrogen-bond acceptors (Lipinski definition) is 4. The molecule has 94 valence electrons. The van der Waals surface area contributed by atoms with Crippen molar-refractivity contribution in [1.82, 2.24) is 4.90 Å². The van der Waals surface area contributed by atoms with Crippen LogP contribution in [0, 0.1) is 0 Å². The van der Waals surface area contributed by atoms with Gasteiger partial charge in [0.2, 0.25) is 5.91 Å². The highest BCUT2D eigenvalue weighted by molar-refractivity contribution is 5.77. The van der Waals surface area contributed by atoms with Crippen molar-refractivity contribution >= 4 is 5.91 Å². The average molecular weight is 238 g/mol. The molecule has 5 nitrogen and oxygen atoms in total. The van der Waals surface area contributed by atoms with Gasteiger partial charge in [-0.05, 0) is 18.6 Å². The van der Waals surface area contributed by atoms with Gasteiger partial charge in [0.1, 0.15) is 11.8 Å². The van der Waals surface area contributed by atoms with Crippen LogP contribution in [0.3, 0.4) is 0 Å². The van der Waals surface area contributed by atoms with Crippen LogP contribution in [0.15, 0.2) is 22.8 Å². The van der Waals surface area contributed by atoms with E-state index in [0.29, 0.717) is 26.0 Å². The van der Waals surface area contributed by atoms with Gasteiger partial charge >= 0.3 is 0 Å². The number of furan rings is 1. The Morgan fingerprint density at radius 2 is 2.47 bits per heavy atom. The largest absolute Gasteiger partial charge is 0.467 e. The molecule has 1 aliphatic heterocycles. The van der Waals surface area contributed by atoms with Crippen molar-refractivity contribution in [3.8, 4) is 0 Å². The van der Waals surface area contributed by atoms with Crippen LogP contribution in [-0.2, 0) is 9.53 Å². The van der Waals surface area contributed by atoms with E-state index in [9.17, 15) is 4.79 Å². The second-order valence-electron chi connectivity index (χ2n) is 4.24. The van der Waals surface area contributed by atoms with Gasteiger partial charge in [-0.15, -0.1) is 0 Å². The predicted octanol–water partition coefficient (Wildman–Crippen LogP) is 0.917. The first-order valence-corrected chi connectivity index (χ1v) is 5.81. The zero-order valence-electron chi connectivity index (χ0n) is 9.96. The highest BCUT2D eigenvalue weighted by atomic mass is 16.5. The van der Waals surface area contributed by atoms with E-state index in [0.717, 1.165) is 5.76 Å². The van der Waals surface area contributed by atoms with Gasteiger partial charge in [0.25, 0.3) is 0 Å². The minimum Gasteiger partial charge on any atom is -0.467 e. The Morgan fingerprint density at radius 3 is 3.12 bits per heavy atom. The van der Waals surface area contributed by atoms with E-state index in [2.05, 4.69) is 0 Å². The van der Waals surface area contributed by atoms with E-state index in [1.54, 1.807) is 18.3 Å². The molecule has 1 aromatic heterocycles. The van der Waals surface area contributed by atoms with Crippen LogP contribution in [0.25, 0.3) is 0 Å². The van der Waals surface area contributed by atoms with Gasteiger partial charge in [0.05, 0.1) is 12.9 Å². The first kappa shape index (κ1) is 12.1. The van der Waals surface area contributed by atoms with Gasteiger partial charge in [-0.3, -0.25) is 4.79 Å². The topological polar surface area (TPSA) is 68.7 Å². The van der Waals surface area contributed by atoms with Crippen molar-refractivity contribution in [1.29, 1.82) is 0 Å². The Labute approximate surface area is 101 Å². The van der Waals surface area contributed by atoms with Crippen molar-refractivity contribution in [3.63, 3.8) is 0 Å². The molecule has 1 amide bonds. The summed E-state index contributed by atoms with van der Waals surface area (Å²) in [6.45, 7) is 1.06. The van der Waals surface area contributed by atoms with Crippen molar-refractivity contribution in [2.24, 2.45) is 5.73 Å². The van der Waals surface area contributed by atoms with E-state index in [1.807, 2.05) is 12.1 Å². The number of ether oxygens (including phenoxy) is 1. The molecule has 5 heteroatoms. The van der Waals surface area contributed by atoms with Gasteiger partial charge < -0.3 is 19.8 Å². The highest BCUT2D eigenvalue weighted by Gasteiger charge is 2.36. The number of nitrogens with two attached hydrogens (primary N) is 1. The lowest BCUT2D eigenvalue weighted by atomic mass is 9.94. The summed E-state index contributed by atoms with van der Waals surface area (Å²) >= 11 is 0. The van der Waals surface area contributed by atoms with Crippen molar-refractivity contribution < 1.29 is 13.9 Å². The molecule has 1 fully saturated rings. The number of carbonyl (C=O) groups is 1. The zero-order chi connectivity index (χ0) is 12.3. The first-order valence-electron chi connectivity index (χ1n) is 5.81. The van der Waals surface area contributed by atoms with E-state index in [1.165, 1.54) is 0 Å². The molecular formula is C12H18N2O3. The third-order valence-electron chi connectivity index (χ3n) is 3.12. The van der Waals surface area contributed by atoms with Gasteiger partial charge in [0, 0.05) is 26.1 Å². The number of methoxy groups -OCH3 is 1. The van der Waals surface area contributed by atoms with Crippen molar-refractivity contribution in [2.45, 2.75) is 24.9 Å².